The highest BCUT2D eigenvalue weighted by Crippen LogP contribution is 2.14. The Morgan fingerprint density at radius 2 is 1.92 bits per heavy atom. The van der Waals surface area contributed by atoms with E-state index in [2.05, 4.69) is 11.5 Å². The highest BCUT2D eigenvalue weighted by atomic mass is 16.5. The lowest BCUT2D eigenvalue weighted by Crippen LogP contribution is -2.17. The maximum absolute atomic E-state index is 12.1. The Hall–Kier alpha value is -2.17. The normalized spacial score (nSPS) is 12.2. The quantitative estimate of drug-likeness (QED) is 0.492. The third-order valence-corrected chi connectivity index (χ3v) is 3.47. The maximum atomic E-state index is 12.1. The van der Waals surface area contributed by atoms with Gasteiger partial charge in [-0.2, -0.15) is 0 Å². The van der Waals surface area contributed by atoms with Crippen LogP contribution in [0, 0.1) is 0 Å². The number of likely N-dealkylation sites (N-methyl/N-ethyl adjacent to an activating group) is 1. The average Bonchev–Trinajstić information content (AvgIpc) is 2.54. The topological polar surface area (TPSA) is 49.8 Å². The van der Waals surface area contributed by atoms with Crippen molar-refractivity contribution in [1.82, 2.24) is 4.90 Å². The molecule has 1 rings (SSSR count). The van der Waals surface area contributed by atoms with Crippen LogP contribution in [0.1, 0.15) is 30.6 Å². The van der Waals surface area contributed by atoms with Crippen LogP contribution in [-0.4, -0.2) is 48.6 Å². The molecular weight excluding hydrogens is 314 g/mol. The maximum Gasteiger partial charge on any atom is 0.165 e. The van der Waals surface area contributed by atoms with Crippen LogP contribution in [0.25, 0.3) is 0 Å². The molecule has 0 saturated carbocycles. The van der Waals surface area contributed by atoms with E-state index in [1.807, 2.05) is 39.1 Å². The number of ketones is 1. The number of benzene rings is 1. The van der Waals surface area contributed by atoms with Crippen molar-refractivity contribution in [3.05, 3.63) is 66.3 Å². The molecule has 0 fully saturated rings. The summed E-state index contributed by atoms with van der Waals surface area (Å²) in [5.41, 5.74) is 1.57. The first-order chi connectivity index (χ1) is 11.9. The minimum atomic E-state index is -0.738. The molecule has 1 aromatic rings. The molecule has 0 saturated heterocycles. The Morgan fingerprint density at radius 3 is 2.52 bits per heavy atom. The van der Waals surface area contributed by atoms with Gasteiger partial charge in [-0.15, -0.1) is 6.58 Å². The second-order valence-electron chi connectivity index (χ2n) is 6.26. The molecule has 0 aromatic heterocycles. The van der Waals surface area contributed by atoms with Gasteiger partial charge in [0.25, 0.3) is 0 Å². The van der Waals surface area contributed by atoms with Crippen LogP contribution < -0.4 is 4.74 Å². The van der Waals surface area contributed by atoms with Gasteiger partial charge in [-0.05, 0) is 45.2 Å². The SMILES string of the molecule is C=CCN(C)C/C=C/COc1ccc(C(=O)C[C@H](O)C=C(C)C)cc1. The first kappa shape index (κ1) is 20.9. The van der Waals surface area contributed by atoms with E-state index >= 15 is 0 Å². The van der Waals surface area contributed by atoms with Crippen LogP contribution in [0.5, 0.6) is 5.75 Å². The van der Waals surface area contributed by atoms with Gasteiger partial charge in [0.15, 0.2) is 5.78 Å². The van der Waals surface area contributed by atoms with Crippen LogP contribution in [0.15, 0.2) is 60.7 Å². The molecule has 0 bridgehead atoms. The zero-order chi connectivity index (χ0) is 18.7. The predicted octanol–water partition coefficient (Wildman–Crippen LogP) is 3.64. The number of hydrogen-bond acceptors (Lipinski definition) is 4. The second-order valence-corrected chi connectivity index (χ2v) is 6.26. The van der Waals surface area contributed by atoms with E-state index in [4.69, 9.17) is 4.74 Å². The van der Waals surface area contributed by atoms with E-state index in [1.54, 1.807) is 30.3 Å². The Labute approximate surface area is 151 Å². The number of Topliss-reactive ketones (excluding diaryl/α,β-unsaturated/α-hetero) is 1. The van der Waals surface area contributed by atoms with E-state index < -0.39 is 6.10 Å². The van der Waals surface area contributed by atoms with Gasteiger partial charge in [-0.25, -0.2) is 0 Å². The first-order valence-electron chi connectivity index (χ1n) is 8.46. The highest BCUT2D eigenvalue weighted by molar-refractivity contribution is 5.96. The lowest BCUT2D eigenvalue weighted by Gasteiger charge is -2.10. The molecule has 0 unspecified atom stereocenters. The molecule has 0 heterocycles. The predicted molar refractivity (Wildman–Crippen MR) is 103 cm³/mol. The number of hydrogen-bond donors (Lipinski definition) is 1. The van der Waals surface area contributed by atoms with Crippen molar-refractivity contribution >= 4 is 5.78 Å². The fourth-order valence-electron chi connectivity index (χ4n) is 2.25. The van der Waals surface area contributed by atoms with Crippen molar-refractivity contribution < 1.29 is 14.6 Å². The van der Waals surface area contributed by atoms with Gasteiger partial charge in [0.2, 0.25) is 0 Å². The number of aliphatic hydroxyl groups excluding tert-OH is 1. The molecule has 1 aromatic carbocycles. The van der Waals surface area contributed by atoms with Gasteiger partial charge in [0.1, 0.15) is 12.4 Å². The number of nitrogens with zero attached hydrogens (tertiary/aromatic N) is 1. The fourth-order valence-corrected chi connectivity index (χ4v) is 2.25. The summed E-state index contributed by atoms with van der Waals surface area (Å²) in [6.45, 7) is 9.67. The number of rotatable bonds is 11. The standard InChI is InChI=1S/C21H29NO3/c1-5-12-22(4)13-6-7-14-25-20-10-8-18(9-11-20)21(24)16-19(23)15-17(2)3/h5-11,15,19,23H,1,12-14,16H2,2-4H3/b7-6+/t19-/m1/s1. The summed E-state index contributed by atoms with van der Waals surface area (Å²) in [7, 11) is 2.02. The van der Waals surface area contributed by atoms with Gasteiger partial charge < -0.3 is 9.84 Å². The van der Waals surface area contributed by atoms with Crippen molar-refractivity contribution in [2.45, 2.75) is 26.4 Å². The van der Waals surface area contributed by atoms with Gasteiger partial charge in [-0.1, -0.05) is 29.9 Å². The molecule has 1 N–H and O–H groups in total. The Kier molecular flexibility index (Phi) is 9.51. The molecule has 4 nitrogen and oxygen atoms in total. The largest absolute Gasteiger partial charge is 0.490 e. The zero-order valence-corrected chi connectivity index (χ0v) is 15.4. The van der Waals surface area contributed by atoms with Crippen molar-refractivity contribution in [2.24, 2.45) is 0 Å². The van der Waals surface area contributed by atoms with Crippen molar-refractivity contribution in [3.8, 4) is 5.75 Å². The number of carbonyl (C=O) groups excluding carboxylic acids is 1. The Balaban J connectivity index is 2.43. The van der Waals surface area contributed by atoms with Crippen LogP contribution in [-0.2, 0) is 0 Å². The van der Waals surface area contributed by atoms with Gasteiger partial charge >= 0.3 is 0 Å². The minimum absolute atomic E-state index is 0.0818. The molecule has 1 atom stereocenters. The van der Waals surface area contributed by atoms with Crippen LogP contribution >= 0.6 is 0 Å². The smallest absolute Gasteiger partial charge is 0.165 e. The molecule has 25 heavy (non-hydrogen) atoms. The van der Waals surface area contributed by atoms with Crippen molar-refractivity contribution in [1.29, 1.82) is 0 Å². The third-order valence-electron chi connectivity index (χ3n) is 3.47. The Bertz CT molecular complexity index is 598. The monoisotopic (exact) mass is 343 g/mol. The minimum Gasteiger partial charge on any atom is -0.490 e. The summed E-state index contributed by atoms with van der Waals surface area (Å²) in [6.07, 6.45) is 6.92. The summed E-state index contributed by atoms with van der Waals surface area (Å²) >= 11 is 0. The van der Waals surface area contributed by atoms with Crippen LogP contribution in [0.3, 0.4) is 0 Å². The number of aliphatic hydroxyl groups is 1. The fraction of sp³-hybridized carbons (Fsp3) is 0.381. The van der Waals surface area contributed by atoms with Crippen LogP contribution in [0.2, 0.25) is 0 Å². The summed E-state index contributed by atoms with van der Waals surface area (Å²) in [5, 5.41) is 9.81. The molecular formula is C21H29NO3. The van der Waals surface area contributed by atoms with E-state index in [0.29, 0.717) is 17.9 Å². The third kappa shape index (κ3) is 9.03. The second kappa shape index (κ2) is 11.4. The average molecular weight is 343 g/mol. The van der Waals surface area contributed by atoms with Crippen molar-refractivity contribution in [3.63, 3.8) is 0 Å². The van der Waals surface area contributed by atoms with E-state index in [-0.39, 0.29) is 12.2 Å². The molecule has 0 radical (unpaired) electrons. The summed E-state index contributed by atoms with van der Waals surface area (Å²) < 4.78 is 5.62. The molecule has 0 aliphatic carbocycles. The summed E-state index contributed by atoms with van der Waals surface area (Å²) in [4.78, 5) is 14.2. The highest BCUT2D eigenvalue weighted by Gasteiger charge is 2.11. The summed E-state index contributed by atoms with van der Waals surface area (Å²) in [6, 6.07) is 7.01. The molecule has 0 spiro atoms. The number of allylic oxidation sites excluding steroid dienone is 1. The van der Waals surface area contributed by atoms with Crippen LogP contribution in [0.4, 0.5) is 0 Å². The molecule has 136 valence electrons. The zero-order valence-electron chi connectivity index (χ0n) is 15.4. The lowest BCUT2D eigenvalue weighted by molar-refractivity contribution is 0.0922. The van der Waals surface area contributed by atoms with E-state index in [0.717, 1.165) is 18.7 Å². The van der Waals surface area contributed by atoms with Gasteiger partial charge in [-0.3, -0.25) is 9.69 Å². The Morgan fingerprint density at radius 1 is 1.24 bits per heavy atom. The lowest BCUT2D eigenvalue weighted by atomic mass is 10.0. The molecule has 0 aliphatic rings. The number of carbonyl (C=O) groups is 1. The summed E-state index contributed by atoms with van der Waals surface area (Å²) in [5.74, 6) is 0.632. The molecule has 0 aliphatic heterocycles. The van der Waals surface area contributed by atoms with E-state index in [9.17, 15) is 9.90 Å². The molecule has 0 amide bonds. The molecule has 4 heteroatoms. The number of ether oxygens (including phenoxy) is 1. The van der Waals surface area contributed by atoms with Crippen molar-refractivity contribution in [2.75, 3.05) is 26.7 Å². The first-order valence-corrected chi connectivity index (χ1v) is 8.46. The van der Waals surface area contributed by atoms with Gasteiger partial charge in [0.05, 0.1) is 6.10 Å². The van der Waals surface area contributed by atoms with Gasteiger partial charge in [0, 0.05) is 25.1 Å². The van der Waals surface area contributed by atoms with E-state index in [1.165, 1.54) is 0 Å².